The van der Waals surface area contributed by atoms with Gasteiger partial charge in [0.1, 0.15) is 18.7 Å². The molecule has 9 nitrogen and oxygen atoms in total. The number of ketones is 1. The van der Waals surface area contributed by atoms with Crippen LogP contribution in [0.3, 0.4) is 0 Å². The summed E-state index contributed by atoms with van der Waals surface area (Å²) >= 11 is 0. The number of hydrogen-bond acceptors (Lipinski definition) is 6. The van der Waals surface area contributed by atoms with Crippen LogP contribution in [0.25, 0.3) is 0 Å². The SMILES string of the molecule is CCONC(=O)C(=O)[C@H](Cc1ccccc1)NC(=O)[C@H](CC(C)C)NC(=O)OCC1=CCC=C=C1. The molecule has 3 amide bonds. The first-order valence-electron chi connectivity index (χ1n) is 11.6. The summed E-state index contributed by atoms with van der Waals surface area (Å²) in [7, 11) is 0. The Morgan fingerprint density at radius 1 is 1.06 bits per heavy atom. The van der Waals surface area contributed by atoms with Crippen LogP contribution in [0.1, 0.15) is 39.2 Å². The number of carbonyl (C=O) groups is 4. The van der Waals surface area contributed by atoms with Crippen LogP contribution in [-0.4, -0.2) is 49.0 Å². The fourth-order valence-corrected chi connectivity index (χ4v) is 3.32. The van der Waals surface area contributed by atoms with E-state index < -0.39 is 35.8 Å². The van der Waals surface area contributed by atoms with Gasteiger partial charge in [-0.15, -0.1) is 5.73 Å². The molecule has 1 aromatic carbocycles. The van der Waals surface area contributed by atoms with Crippen LogP contribution in [0.15, 0.2) is 59.9 Å². The van der Waals surface area contributed by atoms with Crippen molar-refractivity contribution >= 4 is 23.7 Å². The zero-order chi connectivity index (χ0) is 25.6. The van der Waals surface area contributed by atoms with Crippen molar-refractivity contribution in [3.63, 3.8) is 0 Å². The van der Waals surface area contributed by atoms with Crippen molar-refractivity contribution < 1.29 is 28.8 Å². The lowest BCUT2D eigenvalue weighted by molar-refractivity contribution is -0.147. The number of Topliss-reactive ketones (excluding diaryl/α,β-unsaturated/α-hetero) is 1. The van der Waals surface area contributed by atoms with E-state index in [1.54, 1.807) is 37.3 Å². The average molecular weight is 484 g/mol. The van der Waals surface area contributed by atoms with E-state index in [0.717, 1.165) is 11.1 Å². The highest BCUT2D eigenvalue weighted by Crippen LogP contribution is 2.10. The molecule has 0 saturated heterocycles. The summed E-state index contributed by atoms with van der Waals surface area (Å²) in [6.45, 7) is 5.70. The maximum atomic E-state index is 13.1. The maximum Gasteiger partial charge on any atom is 0.408 e. The number of hydrogen-bond donors (Lipinski definition) is 3. The number of ether oxygens (including phenoxy) is 1. The van der Waals surface area contributed by atoms with Gasteiger partial charge in [0.25, 0.3) is 0 Å². The van der Waals surface area contributed by atoms with E-state index in [2.05, 4.69) is 21.8 Å². The molecule has 2 atom stereocenters. The van der Waals surface area contributed by atoms with Crippen LogP contribution in [0.2, 0.25) is 0 Å². The molecule has 0 radical (unpaired) electrons. The number of allylic oxidation sites excluding steroid dienone is 1. The van der Waals surface area contributed by atoms with Gasteiger partial charge in [-0.2, -0.15) is 0 Å². The zero-order valence-electron chi connectivity index (χ0n) is 20.3. The van der Waals surface area contributed by atoms with Gasteiger partial charge in [0.15, 0.2) is 0 Å². The molecule has 35 heavy (non-hydrogen) atoms. The second kappa shape index (κ2) is 14.6. The standard InChI is InChI=1S/C26H33N3O6/c1-4-35-29-25(32)23(30)21(16-19-11-7-5-8-12-19)27-24(31)22(15-18(2)3)28-26(33)34-17-20-13-9-6-10-14-20/h5-8,11-14,18,21-22H,4,9,15-17H2,1-3H3,(H,27,31)(H,28,33)(H,29,32)/t21-,22-/m0/s1. The van der Waals surface area contributed by atoms with Crippen molar-refractivity contribution in [1.29, 1.82) is 0 Å². The number of rotatable bonds is 13. The van der Waals surface area contributed by atoms with E-state index >= 15 is 0 Å². The molecule has 3 N–H and O–H groups in total. The molecular weight excluding hydrogens is 450 g/mol. The summed E-state index contributed by atoms with van der Waals surface area (Å²) in [4.78, 5) is 55.4. The summed E-state index contributed by atoms with van der Waals surface area (Å²) in [5.41, 5.74) is 6.58. The highest BCUT2D eigenvalue weighted by atomic mass is 16.6. The lowest BCUT2D eigenvalue weighted by Gasteiger charge is -2.23. The number of carbonyl (C=O) groups excluding carboxylic acids is 4. The number of nitrogens with one attached hydrogen (secondary N) is 3. The Morgan fingerprint density at radius 3 is 2.43 bits per heavy atom. The fourth-order valence-electron chi connectivity index (χ4n) is 3.32. The van der Waals surface area contributed by atoms with Crippen LogP contribution < -0.4 is 16.1 Å². The number of benzene rings is 1. The summed E-state index contributed by atoms with van der Waals surface area (Å²) in [5.74, 6) is -2.35. The predicted molar refractivity (Wildman–Crippen MR) is 130 cm³/mol. The topological polar surface area (TPSA) is 123 Å². The van der Waals surface area contributed by atoms with E-state index in [4.69, 9.17) is 9.57 Å². The highest BCUT2D eigenvalue weighted by Gasteiger charge is 2.31. The summed E-state index contributed by atoms with van der Waals surface area (Å²) in [6, 6.07) is 6.89. The third kappa shape index (κ3) is 10.00. The van der Waals surface area contributed by atoms with Gasteiger partial charge >= 0.3 is 12.0 Å². The first kappa shape index (κ1) is 27.6. The van der Waals surface area contributed by atoms with Crippen molar-refractivity contribution in [2.24, 2.45) is 5.92 Å². The third-order valence-corrected chi connectivity index (χ3v) is 5.02. The second-order valence-electron chi connectivity index (χ2n) is 8.41. The lowest BCUT2D eigenvalue weighted by Crippen LogP contribution is -2.55. The van der Waals surface area contributed by atoms with E-state index in [1.165, 1.54) is 0 Å². The summed E-state index contributed by atoms with van der Waals surface area (Å²) in [6.07, 6.45) is 5.85. The molecule has 0 saturated carbocycles. The van der Waals surface area contributed by atoms with Gasteiger partial charge in [-0.05, 0) is 49.0 Å². The number of hydroxylamine groups is 1. The van der Waals surface area contributed by atoms with E-state index in [1.807, 2.05) is 32.1 Å². The van der Waals surface area contributed by atoms with Gasteiger partial charge < -0.3 is 15.4 Å². The fraction of sp³-hybridized carbons (Fsp3) is 0.423. The molecule has 1 aliphatic rings. The van der Waals surface area contributed by atoms with Crippen LogP contribution in [0.4, 0.5) is 4.79 Å². The molecule has 9 heteroatoms. The molecule has 0 aliphatic heterocycles. The number of amides is 3. The monoisotopic (exact) mass is 483 g/mol. The van der Waals surface area contributed by atoms with Gasteiger partial charge in [-0.1, -0.05) is 50.3 Å². The smallest absolute Gasteiger partial charge is 0.408 e. The first-order valence-corrected chi connectivity index (χ1v) is 11.6. The van der Waals surface area contributed by atoms with E-state index in [9.17, 15) is 19.2 Å². The third-order valence-electron chi connectivity index (χ3n) is 5.02. The summed E-state index contributed by atoms with van der Waals surface area (Å²) in [5, 5.41) is 5.21. The Kier molecular flexibility index (Phi) is 11.5. The van der Waals surface area contributed by atoms with Crippen molar-refractivity contribution in [2.75, 3.05) is 13.2 Å². The maximum absolute atomic E-state index is 13.1. The van der Waals surface area contributed by atoms with E-state index in [0.29, 0.717) is 12.8 Å². The van der Waals surface area contributed by atoms with Gasteiger partial charge in [0.05, 0.1) is 6.61 Å². The highest BCUT2D eigenvalue weighted by molar-refractivity contribution is 6.38. The Bertz CT molecular complexity index is 980. The molecule has 2 rings (SSSR count). The van der Waals surface area contributed by atoms with Crippen LogP contribution in [0, 0.1) is 5.92 Å². The average Bonchev–Trinajstić information content (AvgIpc) is 2.85. The lowest BCUT2D eigenvalue weighted by atomic mass is 9.99. The van der Waals surface area contributed by atoms with Gasteiger partial charge in [0, 0.05) is 6.42 Å². The molecule has 188 valence electrons. The molecule has 0 spiro atoms. The van der Waals surface area contributed by atoms with Crippen molar-refractivity contribution in [2.45, 2.75) is 52.1 Å². The number of alkyl carbamates (subject to hydrolysis) is 1. The van der Waals surface area contributed by atoms with Crippen molar-refractivity contribution in [3.8, 4) is 0 Å². The van der Waals surface area contributed by atoms with Gasteiger partial charge in [0.2, 0.25) is 11.7 Å². The zero-order valence-corrected chi connectivity index (χ0v) is 20.3. The Balaban J connectivity index is 2.09. The molecule has 1 aliphatic carbocycles. The molecule has 0 heterocycles. The minimum Gasteiger partial charge on any atom is -0.445 e. The van der Waals surface area contributed by atoms with Crippen LogP contribution in [0.5, 0.6) is 0 Å². The predicted octanol–water partition coefficient (Wildman–Crippen LogP) is 2.53. The largest absolute Gasteiger partial charge is 0.445 e. The molecule has 1 aromatic rings. The Morgan fingerprint density at radius 2 is 1.80 bits per heavy atom. The Hall–Kier alpha value is -3.68. The second-order valence-corrected chi connectivity index (χ2v) is 8.41. The quantitative estimate of drug-likeness (QED) is 0.225. The first-order chi connectivity index (χ1) is 16.8. The molecule has 0 unspecified atom stereocenters. The molecule has 0 aromatic heterocycles. The Labute approximate surface area is 205 Å². The van der Waals surface area contributed by atoms with Crippen molar-refractivity contribution in [3.05, 3.63) is 65.4 Å². The normalized spacial score (nSPS) is 14.0. The van der Waals surface area contributed by atoms with Gasteiger partial charge in [-0.3, -0.25) is 19.2 Å². The van der Waals surface area contributed by atoms with Gasteiger partial charge in [-0.25, -0.2) is 10.3 Å². The van der Waals surface area contributed by atoms with Crippen molar-refractivity contribution in [1.82, 2.24) is 16.1 Å². The molecule has 0 bridgehead atoms. The minimum atomic E-state index is -1.15. The molecular formula is C26H33N3O6. The minimum absolute atomic E-state index is 0.0510. The summed E-state index contributed by atoms with van der Waals surface area (Å²) < 4.78 is 5.24. The van der Waals surface area contributed by atoms with Crippen LogP contribution in [-0.2, 0) is 30.4 Å². The molecule has 0 fully saturated rings. The van der Waals surface area contributed by atoms with E-state index in [-0.39, 0.29) is 25.6 Å². The van der Waals surface area contributed by atoms with Crippen LogP contribution >= 0.6 is 0 Å².